The van der Waals surface area contributed by atoms with Crippen LogP contribution >= 0.6 is 0 Å². The van der Waals surface area contributed by atoms with Crippen LogP contribution in [0.4, 0.5) is 34.1 Å². The lowest BCUT2D eigenvalue weighted by molar-refractivity contribution is 0.793. The summed E-state index contributed by atoms with van der Waals surface area (Å²) in [5.41, 5.74) is 15.8. The minimum Gasteiger partial charge on any atom is -0.310 e. The summed E-state index contributed by atoms with van der Waals surface area (Å²) in [4.78, 5) is 4.18. The number of hydrogen-bond acceptors (Lipinski definition) is 2. The van der Waals surface area contributed by atoms with Crippen molar-refractivity contribution in [1.82, 2.24) is 4.57 Å². The number of rotatable bonds is 7. The highest BCUT2D eigenvalue weighted by Crippen LogP contribution is 2.64. The van der Waals surface area contributed by atoms with Gasteiger partial charge in [0.2, 0.25) is 0 Å². The number of hydrogen-bond donors (Lipinski definition) is 0. The Morgan fingerprint density at radius 3 is 1.39 bits per heavy atom. The van der Waals surface area contributed by atoms with Crippen molar-refractivity contribution in [3.63, 3.8) is 0 Å². The van der Waals surface area contributed by atoms with E-state index in [2.05, 4.69) is 173 Å². The molecule has 0 fully saturated rings. The number of anilines is 6. The number of para-hydroxylation sites is 5. The Kier molecular flexibility index (Phi) is 7.04. The molecule has 11 aromatic rings. The molecule has 0 saturated heterocycles. The van der Waals surface area contributed by atoms with Gasteiger partial charge >= 0.3 is 0 Å². The van der Waals surface area contributed by atoms with E-state index in [-0.39, 0.29) is 17.8 Å². The van der Waals surface area contributed by atoms with Crippen molar-refractivity contribution in [2.24, 2.45) is 0 Å². The van der Waals surface area contributed by atoms with Gasteiger partial charge in [0, 0.05) is 50.6 Å². The molecule has 1 unspecified atom stereocenters. The third-order valence-electron chi connectivity index (χ3n) is 13.2. The second-order valence-electron chi connectivity index (χ2n) is 16.5. The average Bonchev–Trinajstić information content (AvgIpc) is 4.01. The molecule has 0 N–H and O–H groups in total. The van der Waals surface area contributed by atoms with Crippen LogP contribution in [0.15, 0.2) is 249 Å². The van der Waals surface area contributed by atoms with Gasteiger partial charge in [-0.1, -0.05) is 152 Å². The van der Waals surface area contributed by atoms with Crippen LogP contribution in [0.25, 0.3) is 49.7 Å². The smallest absolute Gasteiger partial charge is 0.0727 e. The first-order chi connectivity index (χ1) is 33.8. The molecule has 0 amide bonds. The van der Waals surface area contributed by atoms with Crippen molar-refractivity contribution in [2.75, 3.05) is 9.80 Å². The number of benzene rings is 10. The van der Waals surface area contributed by atoms with Crippen LogP contribution < -0.4 is 9.80 Å². The van der Waals surface area contributed by atoms with Crippen LogP contribution in [-0.2, 0) is 5.41 Å². The molecule has 2 aliphatic carbocycles. The van der Waals surface area contributed by atoms with Crippen LogP contribution in [0.5, 0.6) is 0 Å². The molecule has 0 saturated carbocycles. The van der Waals surface area contributed by atoms with E-state index in [1.165, 1.54) is 0 Å². The molecule has 1 heterocycles. The molecule has 0 bridgehead atoms. The lowest BCUT2D eigenvalue weighted by Crippen LogP contribution is -2.26. The van der Waals surface area contributed by atoms with E-state index in [1.807, 2.05) is 59.5 Å². The van der Waals surface area contributed by atoms with Crippen molar-refractivity contribution >= 4 is 55.9 Å². The number of fused-ring (bicyclic) bond motifs is 13. The molecule has 0 radical (unpaired) electrons. The molecule has 1 aromatic heterocycles. The van der Waals surface area contributed by atoms with Gasteiger partial charge in [-0.05, 0) is 142 Å². The van der Waals surface area contributed by atoms with E-state index in [9.17, 15) is 2.74 Å². The van der Waals surface area contributed by atoms with Gasteiger partial charge in [0.05, 0.1) is 23.3 Å². The topological polar surface area (TPSA) is 11.4 Å². The Morgan fingerprint density at radius 2 is 0.781 bits per heavy atom. The third kappa shape index (κ3) is 5.28. The second kappa shape index (κ2) is 14.3. The largest absolute Gasteiger partial charge is 0.310 e. The maximum Gasteiger partial charge on any atom is 0.0727 e. The zero-order valence-electron chi connectivity index (χ0n) is 39.6. The van der Waals surface area contributed by atoms with Gasteiger partial charge in [-0.2, -0.15) is 0 Å². The Balaban J connectivity index is 1.09. The zero-order valence-corrected chi connectivity index (χ0v) is 34.6. The summed E-state index contributed by atoms with van der Waals surface area (Å²) in [6, 6.07) is 74.6. The standard InChI is InChI=1S/C61H41N3/c1-5-19-42(20-6-1)62(43-21-7-2-8-22-43)47-33-36-51-49-27-13-16-30-55(49)61(57(51)40-47)56-31-17-14-28-50(56)52-37-34-48(41-58(52)61)63(44-23-9-3-10-24-44)46-35-38-60-54(39-46)53-29-15-18-32-59(53)64(60)45-25-11-4-12-26-45/h1-41H/i3D,9D,10D,23D,24D. The lowest BCUT2D eigenvalue weighted by atomic mass is 9.70. The Bertz CT molecular complexity index is 3790. The molecule has 3 heteroatoms. The molecular formula is C61H41N3. The Labute approximate surface area is 380 Å². The second-order valence-corrected chi connectivity index (χ2v) is 16.5. The number of nitrogens with zero attached hydrogens (tertiary/aromatic N) is 3. The lowest BCUT2D eigenvalue weighted by Gasteiger charge is -2.33. The van der Waals surface area contributed by atoms with Gasteiger partial charge in [0.1, 0.15) is 0 Å². The van der Waals surface area contributed by atoms with Crippen molar-refractivity contribution in [3.05, 3.63) is 271 Å². The average molecular weight is 821 g/mol. The molecule has 0 aliphatic heterocycles. The van der Waals surface area contributed by atoms with Gasteiger partial charge in [0.15, 0.2) is 0 Å². The van der Waals surface area contributed by atoms with Gasteiger partial charge in [-0.15, -0.1) is 0 Å². The zero-order chi connectivity index (χ0) is 46.5. The van der Waals surface area contributed by atoms with Crippen molar-refractivity contribution in [3.8, 4) is 27.9 Å². The van der Waals surface area contributed by atoms with E-state index in [0.717, 1.165) is 89.1 Å². The Morgan fingerprint density at radius 1 is 0.328 bits per heavy atom. The van der Waals surface area contributed by atoms with Crippen LogP contribution in [0.3, 0.4) is 0 Å². The Hall–Kier alpha value is -8.40. The fourth-order valence-corrected chi connectivity index (χ4v) is 10.7. The van der Waals surface area contributed by atoms with Crippen LogP contribution in [-0.4, -0.2) is 4.57 Å². The molecular weight excluding hydrogens is 775 g/mol. The maximum absolute atomic E-state index is 9.47. The van der Waals surface area contributed by atoms with Gasteiger partial charge < -0.3 is 14.4 Å². The molecule has 2 aliphatic rings. The van der Waals surface area contributed by atoms with Crippen molar-refractivity contribution in [2.45, 2.75) is 5.41 Å². The highest BCUT2D eigenvalue weighted by Gasteiger charge is 2.52. The first-order valence-corrected chi connectivity index (χ1v) is 21.7. The van der Waals surface area contributed by atoms with Crippen LogP contribution in [0, 0.1) is 0 Å². The van der Waals surface area contributed by atoms with Crippen LogP contribution in [0.1, 0.15) is 29.1 Å². The van der Waals surface area contributed by atoms with Crippen molar-refractivity contribution < 1.29 is 6.85 Å². The maximum atomic E-state index is 9.47. The number of aromatic nitrogens is 1. The van der Waals surface area contributed by atoms with E-state index < -0.39 is 23.5 Å². The molecule has 1 atom stereocenters. The summed E-state index contributed by atoms with van der Waals surface area (Å²) < 4.78 is 47.7. The molecule has 300 valence electrons. The van der Waals surface area contributed by atoms with Gasteiger partial charge in [-0.25, -0.2) is 0 Å². The summed E-state index contributed by atoms with van der Waals surface area (Å²) in [6.07, 6.45) is 0. The molecule has 13 rings (SSSR count). The van der Waals surface area contributed by atoms with E-state index in [4.69, 9.17) is 4.11 Å². The molecule has 3 nitrogen and oxygen atoms in total. The minimum absolute atomic E-state index is 0.0764. The van der Waals surface area contributed by atoms with Crippen LogP contribution in [0.2, 0.25) is 0 Å². The highest BCUT2D eigenvalue weighted by atomic mass is 15.1. The first kappa shape index (κ1) is 31.4. The summed E-state index contributed by atoms with van der Waals surface area (Å²) in [7, 11) is 0. The van der Waals surface area contributed by atoms with Gasteiger partial charge in [-0.3, -0.25) is 0 Å². The van der Waals surface area contributed by atoms with E-state index >= 15 is 0 Å². The highest BCUT2D eigenvalue weighted by molar-refractivity contribution is 6.11. The fourth-order valence-electron chi connectivity index (χ4n) is 10.7. The SMILES string of the molecule is [2H]c1c([2H])c([2H])c(N(c2ccc3c(c2)C2(c4ccccc4-c4ccc(N(c5ccccc5)c5ccccc5)cc42)c2ccccc2-3)c2ccc3c(c2)c2ccccc2n3-c2ccccc2)c([2H])c1[2H]. The summed E-state index contributed by atoms with van der Waals surface area (Å²) in [6.45, 7) is 0. The molecule has 10 aromatic carbocycles. The van der Waals surface area contributed by atoms with Gasteiger partial charge in [0.25, 0.3) is 0 Å². The molecule has 64 heavy (non-hydrogen) atoms. The summed E-state index contributed by atoms with van der Waals surface area (Å²) >= 11 is 0. The predicted molar refractivity (Wildman–Crippen MR) is 266 cm³/mol. The quantitative estimate of drug-likeness (QED) is 0.159. The fraction of sp³-hybridized carbons (Fsp3) is 0.0164. The monoisotopic (exact) mass is 820 g/mol. The predicted octanol–water partition coefficient (Wildman–Crippen LogP) is 16.1. The first-order valence-electron chi connectivity index (χ1n) is 24.2. The van der Waals surface area contributed by atoms with E-state index in [1.54, 1.807) is 0 Å². The van der Waals surface area contributed by atoms with Crippen molar-refractivity contribution in [1.29, 1.82) is 0 Å². The molecule has 1 spiro atoms. The summed E-state index contributed by atoms with van der Waals surface area (Å²) in [5.74, 6) is 0. The summed E-state index contributed by atoms with van der Waals surface area (Å²) in [5, 5.41) is 2.01. The normalized spacial score (nSPS) is 15.4. The third-order valence-corrected chi connectivity index (χ3v) is 13.2. The minimum atomic E-state index is -0.776. The van der Waals surface area contributed by atoms with E-state index in [0.29, 0.717) is 11.4 Å².